The number of nitrogens with zero attached hydrogens (tertiary/aromatic N) is 1. The number of aromatic nitrogens is 1. The molecule has 3 N–H and O–H groups in total. The lowest BCUT2D eigenvalue weighted by Gasteiger charge is -2.16. The van der Waals surface area contributed by atoms with E-state index < -0.39 is 10.0 Å². The quantitative estimate of drug-likeness (QED) is 0.374. The van der Waals surface area contributed by atoms with Crippen LogP contribution in [0, 0.1) is 0 Å². The Morgan fingerprint density at radius 1 is 0.938 bits per heavy atom. The number of hydrogen-bond donors (Lipinski definition) is 3. The smallest absolute Gasteiger partial charge is 0.229 e. The maximum absolute atomic E-state index is 11.5. The largest absolute Gasteiger partial charge is 0.494 e. The van der Waals surface area contributed by atoms with Crippen molar-refractivity contribution in [3.8, 4) is 5.75 Å². The van der Waals surface area contributed by atoms with Gasteiger partial charge in [-0.05, 0) is 48.5 Å². The van der Waals surface area contributed by atoms with Crippen LogP contribution in [-0.4, -0.2) is 32.7 Å². The number of nitrogens with one attached hydrogen (secondary N) is 3. The Morgan fingerprint density at radius 3 is 2.28 bits per heavy atom. The summed E-state index contributed by atoms with van der Waals surface area (Å²) in [6.45, 7) is 1.45. The number of pyridine rings is 1. The van der Waals surface area contributed by atoms with E-state index in [0.717, 1.165) is 28.4 Å². The van der Waals surface area contributed by atoms with Crippen molar-refractivity contribution in [1.82, 2.24) is 4.98 Å². The first-order valence-corrected chi connectivity index (χ1v) is 11.7. The molecule has 0 radical (unpaired) electrons. The summed E-state index contributed by atoms with van der Waals surface area (Å²) in [5, 5.41) is 7.94. The van der Waals surface area contributed by atoms with Gasteiger partial charge in [-0.1, -0.05) is 12.1 Å². The van der Waals surface area contributed by atoms with Gasteiger partial charge in [-0.2, -0.15) is 0 Å². The Bertz CT molecular complexity index is 1430. The Morgan fingerprint density at radius 2 is 1.62 bits per heavy atom. The fraction of sp³-hybridized carbons (Fsp3) is 0.130. The number of sulfonamides is 1. The number of benzene rings is 3. The molecule has 0 spiro atoms. The Labute approximate surface area is 185 Å². The molecule has 32 heavy (non-hydrogen) atoms. The van der Waals surface area contributed by atoms with Crippen molar-refractivity contribution >= 4 is 60.5 Å². The summed E-state index contributed by atoms with van der Waals surface area (Å²) in [5.74, 6) is 0.467. The standard InChI is InChI=1S/C23H22N4O4S/c1-14(28)24-17-11-12-18-20(13-17)26-23-19(5-4-6-21(23)31-2)22(18)25-15-7-9-16(10-8-15)27-32(3,29)30/h4-13,27H,1-3H3,(H,24,28)(H,25,26). The molecular formula is C23H22N4O4S. The van der Waals surface area contributed by atoms with Gasteiger partial charge >= 0.3 is 0 Å². The van der Waals surface area contributed by atoms with Crippen molar-refractivity contribution in [1.29, 1.82) is 0 Å². The van der Waals surface area contributed by atoms with E-state index in [1.807, 2.05) is 36.4 Å². The third-order valence-corrected chi connectivity index (χ3v) is 5.37. The molecule has 9 heteroatoms. The highest BCUT2D eigenvalue weighted by Gasteiger charge is 2.14. The fourth-order valence-corrected chi connectivity index (χ4v) is 4.07. The van der Waals surface area contributed by atoms with Gasteiger partial charge in [0.25, 0.3) is 0 Å². The van der Waals surface area contributed by atoms with Gasteiger partial charge in [-0.15, -0.1) is 0 Å². The van der Waals surface area contributed by atoms with E-state index in [1.165, 1.54) is 6.92 Å². The highest BCUT2D eigenvalue weighted by molar-refractivity contribution is 7.92. The molecule has 0 atom stereocenters. The molecule has 4 rings (SSSR count). The van der Waals surface area contributed by atoms with Crippen LogP contribution in [0.4, 0.5) is 22.7 Å². The summed E-state index contributed by atoms with van der Waals surface area (Å²) in [5.41, 5.74) is 4.08. The van der Waals surface area contributed by atoms with E-state index in [1.54, 1.807) is 31.4 Å². The Balaban J connectivity index is 1.84. The molecule has 1 amide bonds. The van der Waals surface area contributed by atoms with Crippen LogP contribution in [-0.2, 0) is 14.8 Å². The van der Waals surface area contributed by atoms with Gasteiger partial charge in [0.05, 0.1) is 24.6 Å². The summed E-state index contributed by atoms with van der Waals surface area (Å²) in [6.07, 6.45) is 1.11. The monoisotopic (exact) mass is 450 g/mol. The molecule has 8 nitrogen and oxygen atoms in total. The molecule has 0 bridgehead atoms. The highest BCUT2D eigenvalue weighted by Crippen LogP contribution is 2.37. The molecule has 4 aromatic rings. The van der Waals surface area contributed by atoms with Gasteiger partial charge in [0, 0.05) is 34.8 Å². The molecular weight excluding hydrogens is 428 g/mol. The van der Waals surface area contributed by atoms with E-state index in [2.05, 4.69) is 15.4 Å². The molecule has 0 fully saturated rings. The van der Waals surface area contributed by atoms with Crippen molar-refractivity contribution in [2.24, 2.45) is 0 Å². The van der Waals surface area contributed by atoms with Crippen LogP contribution in [0.15, 0.2) is 60.7 Å². The van der Waals surface area contributed by atoms with Gasteiger partial charge in [0.15, 0.2) is 0 Å². The minimum absolute atomic E-state index is 0.163. The van der Waals surface area contributed by atoms with E-state index in [-0.39, 0.29) is 5.91 Å². The number of anilines is 4. The summed E-state index contributed by atoms with van der Waals surface area (Å²) in [4.78, 5) is 16.3. The second kappa shape index (κ2) is 8.35. The second-order valence-corrected chi connectivity index (χ2v) is 9.08. The lowest BCUT2D eigenvalue weighted by Crippen LogP contribution is -2.09. The molecule has 164 valence electrons. The normalized spacial score (nSPS) is 11.3. The maximum Gasteiger partial charge on any atom is 0.229 e. The minimum atomic E-state index is -3.35. The molecule has 1 heterocycles. The topological polar surface area (TPSA) is 109 Å². The SMILES string of the molecule is COc1cccc2c(Nc3ccc(NS(C)(=O)=O)cc3)c3ccc(NC(C)=O)cc3nc12. The second-order valence-electron chi connectivity index (χ2n) is 7.33. The zero-order chi connectivity index (χ0) is 22.9. The van der Waals surface area contributed by atoms with Crippen molar-refractivity contribution in [3.63, 3.8) is 0 Å². The van der Waals surface area contributed by atoms with E-state index in [4.69, 9.17) is 9.72 Å². The number of rotatable bonds is 6. The number of fused-ring (bicyclic) bond motifs is 2. The zero-order valence-electron chi connectivity index (χ0n) is 17.8. The third-order valence-electron chi connectivity index (χ3n) is 4.77. The molecule has 0 aliphatic heterocycles. The van der Waals surface area contributed by atoms with Gasteiger partial charge < -0.3 is 15.4 Å². The number of amides is 1. The third kappa shape index (κ3) is 4.57. The molecule has 0 aliphatic carbocycles. The molecule has 0 unspecified atom stereocenters. The summed E-state index contributed by atoms with van der Waals surface area (Å²) < 4.78 is 30.9. The van der Waals surface area contributed by atoms with Gasteiger partial charge in [-0.3, -0.25) is 9.52 Å². The molecule has 0 saturated carbocycles. The summed E-state index contributed by atoms with van der Waals surface area (Å²) in [7, 11) is -1.76. The first kappa shape index (κ1) is 21.4. The number of ether oxygens (including phenoxy) is 1. The van der Waals surface area contributed by atoms with E-state index in [9.17, 15) is 13.2 Å². The van der Waals surface area contributed by atoms with Gasteiger partial charge in [-0.25, -0.2) is 13.4 Å². The summed E-state index contributed by atoms with van der Waals surface area (Å²) in [6, 6.07) is 18.2. The molecule has 0 aliphatic rings. The zero-order valence-corrected chi connectivity index (χ0v) is 18.6. The van der Waals surface area contributed by atoms with Crippen molar-refractivity contribution in [3.05, 3.63) is 60.7 Å². The van der Waals surface area contributed by atoms with Crippen molar-refractivity contribution in [2.75, 3.05) is 28.7 Å². The fourth-order valence-electron chi connectivity index (χ4n) is 3.50. The van der Waals surface area contributed by atoms with Crippen LogP contribution in [0.25, 0.3) is 21.8 Å². The van der Waals surface area contributed by atoms with E-state index in [0.29, 0.717) is 28.2 Å². The first-order valence-electron chi connectivity index (χ1n) is 9.76. The average Bonchev–Trinajstić information content (AvgIpc) is 2.73. The Kier molecular flexibility index (Phi) is 5.58. The van der Waals surface area contributed by atoms with Gasteiger partial charge in [0.1, 0.15) is 11.3 Å². The van der Waals surface area contributed by atoms with Crippen LogP contribution in [0.5, 0.6) is 5.75 Å². The van der Waals surface area contributed by atoms with Crippen LogP contribution in [0.3, 0.4) is 0 Å². The van der Waals surface area contributed by atoms with Crippen LogP contribution >= 0.6 is 0 Å². The molecule has 1 aromatic heterocycles. The van der Waals surface area contributed by atoms with Crippen LogP contribution in [0.1, 0.15) is 6.92 Å². The van der Waals surface area contributed by atoms with Crippen molar-refractivity contribution in [2.45, 2.75) is 6.92 Å². The average molecular weight is 451 g/mol. The number of carbonyl (C=O) groups is 1. The number of para-hydroxylation sites is 1. The molecule has 3 aromatic carbocycles. The number of methoxy groups -OCH3 is 1. The minimum Gasteiger partial charge on any atom is -0.494 e. The number of carbonyl (C=O) groups excluding carboxylic acids is 1. The lowest BCUT2D eigenvalue weighted by atomic mass is 10.1. The first-order chi connectivity index (χ1) is 15.2. The summed E-state index contributed by atoms with van der Waals surface area (Å²) >= 11 is 0. The van der Waals surface area contributed by atoms with E-state index >= 15 is 0 Å². The lowest BCUT2D eigenvalue weighted by molar-refractivity contribution is -0.114. The van der Waals surface area contributed by atoms with Crippen LogP contribution < -0.4 is 20.1 Å². The van der Waals surface area contributed by atoms with Crippen LogP contribution in [0.2, 0.25) is 0 Å². The van der Waals surface area contributed by atoms with Crippen molar-refractivity contribution < 1.29 is 17.9 Å². The highest BCUT2D eigenvalue weighted by atomic mass is 32.2. The predicted octanol–water partition coefficient (Wildman–Crippen LogP) is 4.47. The maximum atomic E-state index is 11.5. The van der Waals surface area contributed by atoms with Gasteiger partial charge in [0.2, 0.25) is 15.9 Å². The Hall–Kier alpha value is -3.85. The number of hydrogen-bond acceptors (Lipinski definition) is 6. The molecule has 0 saturated heterocycles. The predicted molar refractivity (Wildman–Crippen MR) is 128 cm³/mol.